The molecule has 0 aliphatic rings. The molecule has 0 N–H and O–H groups in total. The van der Waals surface area contributed by atoms with E-state index in [2.05, 4.69) is 14.4 Å². The summed E-state index contributed by atoms with van der Waals surface area (Å²) in [7, 11) is -3.09. The van der Waals surface area contributed by atoms with E-state index < -0.39 is 15.0 Å². The zero-order chi connectivity index (χ0) is 15.6. The molecule has 1 aromatic carbocycles. The third-order valence-electron chi connectivity index (χ3n) is 2.47. The third kappa shape index (κ3) is 3.04. The fraction of sp³-hybridized carbons (Fsp3) is 0.200. The summed E-state index contributed by atoms with van der Waals surface area (Å²) in [5.41, 5.74) is -0.386. The van der Waals surface area contributed by atoms with Crippen LogP contribution < -0.4 is 0 Å². The lowest BCUT2D eigenvalue weighted by molar-refractivity contribution is -0.384. The van der Waals surface area contributed by atoms with Crippen molar-refractivity contribution in [3.05, 3.63) is 28.3 Å². The summed E-state index contributed by atoms with van der Waals surface area (Å²) >= 11 is 1.16. The number of non-ortho nitro benzene ring substituents is 1. The molecule has 0 saturated heterocycles. The predicted molar refractivity (Wildman–Crippen MR) is 72.4 cm³/mol. The Labute approximate surface area is 123 Å². The molecule has 1 heterocycles. The predicted octanol–water partition coefficient (Wildman–Crippen LogP) is 1.70. The molecule has 0 aliphatic heterocycles. The average Bonchev–Trinajstić information content (AvgIpc) is 2.95. The summed E-state index contributed by atoms with van der Waals surface area (Å²) in [6.45, 7) is 0. The lowest BCUT2D eigenvalue weighted by Gasteiger charge is -2.05. The maximum atomic E-state index is 11.9. The molecule has 0 radical (unpaired) electrons. The van der Waals surface area contributed by atoms with E-state index in [0.717, 1.165) is 37.1 Å². The van der Waals surface area contributed by atoms with Crippen LogP contribution in [-0.4, -0.2) is 36.9 Å². The van der Waals surface area contributed by atoms with Crippen molar-refractivity contribution in [1.82, 2.24) is 10.2 Å². The second-order valence-electron chi connectivity index (χ2n) is 3.64. The molecular formula is C10H9N3O6S2. The summed E-state index contributed by atoms with van der Waals surface area (Å²) in [6, 6.07) is 3.17. The number of aromatic nitrogens is 2. The van der Waals surface area contributed by atoms with E-state index >= 15 is 0 Å². The van der Waals surface area contributed by atoms with Gasteiger partial charge in [0, 0.05) is 12.1 Å². The molecule has 112 valence electrons. The molecule has 11 heteroatoms. The van der Waals surface area contributed by atoms with Crippen molar-refractivity contribution in [3.63, 3.8) is 0 Å². The molecule has 0 atom stereocenters. The molecule has 2 aromatic rings. The number of benzene rings is 1. The fourth-order valence-corrected chi connectivity index (χ4v) is 2.62. The zero-order valence-electron chi connectivity index (χ0n) is 10.8. The molecule has 2 rings (SSSR count). The molecule has 0 saturated carbocycles. The first-order chi connectivity index (χ1) is 9.89. The molecule has 21 heavy (non-hydrogen) atoms. The highest BCUT2D eigenvalue weighted by atomic mass is 32.2. The number of nitrogens with zero attached hydrogens (tertiary/aromatic N) is 3. The normalized spacial score (nSPS) is 11.5. The Bertz CT molecular complexity index is 786. The Hall–Kier alpha value is -1.98. The van der Waals surface area contributed by atoms with Gasteiger partial charge in [-0.2, -0.15) is 8.42 Å². The van der Waals surface area contributed by atoms with Crippen LogP contribution in [0.1, 0.15) is 0 Å². The van der Waals surface area contributed by atoms with Gasteiger partial charge < -0.3 is 4.42 Å². The Morgan fingerprint density at radius 1 is 1.38 bits per heavy atom. The molecule has 0 amide bonds. The van der Waals surface area contributed by atoms with Gasteiger partial charge in [0.15, 0.2) is 0 Å². The van der Waals surface area contributed by atoms with Crippen LogP contribution in [0.5, 0.6) is 0 Å². The number of hydrogen-bond donors (Lipinski definition) is 0. The van der Waals surface area contributed by atoms with Gasteiger partial charge in [0.25, 0.3) is 21.0 Å². The van der Waals surface area contributed by atoms with E-state index in [0.29, 0.717) is 0 Å². The van der Waals surface area contributed by atoms with Crippen molar-refractivity contribution in [2.24, 2.45) is 0 Å². The second kappa shape index (κ2) is 5.79. The molecule has 0 fully saturated rings. The maximum Gasteiger partial charge on any atom is 0.297 e. The quantitative estimate of drug-likeness (QED) is 0.348. The summed E-state index contributed by atoms with van der Waals surface area (Å²) < 4.78 is 33.4. The zero-order valence-corrected chi connectivity index (χ0v) is 12.5. The summed E-state index contributed by atoms with van der Waals surface area (Å²) in [4.78, 5) is 9.89. The lowest BCUT2D eigenvalue weighted by Crippen LogP contribution is -2.05. The second-order valence-corrected chi connectivity index (χ2v) is 6.07. The van der Waals surface area contributed by atoms with E-state index in [1.807, 2.05) is 0 Å². The molecule has 1 aromatic heterocycles. The van der Waals surface area contributed by atoms with Crippen LogP contribution in [0, 0.1) is 10.1 Å². The Morgan fingerprint density at radius 3 is 2.62 bits per heavy atom. The molecule has 0 aliphatic carbocycles. The Kier molecular flexibility index (Phi) is 4.25. The molecule has 0 spiro atoms. The van der Waals surface area contributed by atoms with Gasteiger partial charge in [0.2, 0.25) is 5.89 Å². The minimum Gasteiger partial charge on any atom is -0.411 e. The van der Waals surface area contributed by atoms with Crippen LogP contribution in [0.15, 0.2) is 32.7 Å². The SMILES string of the molecule is COS(=O)(=O)c1ccc([N+](=O)[O-])cc1-c1nnc(SC)o1. The minimum absolute atomic E-state index is 0.0844. The van der Waals surface area contributed by atoms with Gasteiger partial charge in [0.1, 0.15) is 4.90 Å². The maximum absolute atomic E-state index is 11.9. The van der Waals surface area contributed by atoms with Gasteiger partial charge >= 0.3 is 0 Å². The van der Waals surface area contributed by atoms with Gasteiger partial charge in [-0.05, 0) is 12.3 Å². The van der Waals surface area contributed by atoms with Crippen LogP contribution in [0.3, 0.4) is 0 Å². The number of thioether (sulfide) groups is 1. The summed E-state index contributed by atoms with van der Waals surface area (Å²) in [5, 5.41) is 18.4. The van der Waals surface area contributed by atoms with Gasteiger partial charge in [0.05, 0.1) is 17.6 Å². The first kappa shape index (κ1) is 15.4. The number of hydrogen-bond acceptors (Lipinski definition) is 9. The van der Waals surface area contributed by atoms with Gasteiger partial charge in [-0.1, -0.05) is 11.8 Å². The van der Waals surface area contributed by atoms with Crippen molar-refractivity contribution in [2.45, 2.75) is 10.1 Å². The van der Waals surface area contributed by atoms with Crippen molar-refractivity contribution in [3.8, 4) is 11.5 Å². The third-order valence-corrected chi connectivity index (χ3v) is 4.32. The standard InChI is InChI=1S/C10H9N3O6S2/c1-18-21(16,17)8-4-3-6(13(14)15)5-7(8)9-11-12-10(19-9)20-2/h3-5H,1-2H3. The smallest absolute Gasteiger partial charge is 0.297 e. The van der Waals surface area contributed by atoms with Crippen molar-refractivity contribution >= 4 is 27.6 Å². The number of rotatable bonds is 5. The highest BCUT2D eigenvalue weighted by Gasteiger charge is 2.25. The topological polar surface area (TPSA) is 125 Å². The van der Waals surface area contributed by atoms with E-state index in [9.17, 15) is 18.5 Å². The fourth-order valence-electron chi connectivity index (χ4n) is 1.51. The molecule has 0 unspecified atom stereocenters. The van der Waals surface area contributed by atoms with E-state index in [1.165, 1.54) is 0 Å². The van der Waals surface area contributed by atoms with Crippen LogP contribution in [-0.2, 0) is 14.3 Å². The van der Waals surface area contributed by atoms with Crippen LogP contribution in [0.2, 0.25) is 0 Å². The monoisotopic (exact) mass is 331 g/mol. The molecule has 9 nitrogen and oxygen atoms in total. The largest absolute Gasteiger partial charge is 0.411 e. The van der Waals surface area contributed by atoms with Crippen molar-refractivity contribution in [1.29, 1.82) is 0 Å². The van der Waals surface area contributed by atoms with Crippen molar-refractivity contribution < 1.29 is 21.9 Å². The van der Waals surface area contributed by atoms with E-state index in [1.54, 1.807) is 6.26 Å². The Morgan fingerprint density at radius 2 is 2.10 bits per heavy atom. The average molecular weight is 331 g/mol. The highest BCUT2D eigenvalue weighted by Crippen LogP contribution is 2.32. The van der Waals surface area contributed by atoms with Crippen LogP contribution >= 0.6 is 11.8 Å². The van der Waals surface area contributed by atoms with Crippen LogP contribution in [0.25, 0.3) is 11.5 Å². The van der Waals surface area contributed by atoms with Gasteiger partial charge in [-0.15, -0.1) is 10.2 Å². The van der Waals surface area contributed by atoms with Gasteiger partial charge in [-0.25, -0.2) is 0 Å². The van der Waals surface area contributed by atoms with Crippen LogP contribution in [0.4, 0.5) is 5.69 Å². The van der Waals surface area contributed by atoms with E-state index in [4.69, 9.17) is 4.42 Å². The number of nitro groups is 1. The summed E-state index contributed by atoms with van der Waals surface area (Å²) in [6.07, 6.45) is 1.69. The number of nitro benzene ring substituents is 1. The first-order valence-electron chi connectivity index (χ1n) is 5.36. The first-order valence-corrected chi connectivity index (χ1v) is 7.99. The lowest BCUT2D eigenvalue weighted by atomic mass is 10.2. The highest BCUT2D eigenvalue weighted by molar-refractivity contribution is 7.98. The summed E-state index contributed by atoms with van der Waals surface area (Å²) in [5.74, 6) is -0.140. The molecule has 0 bridgehead atoms. The molecular weight excluding hydrogens is 322 g/mol. The van der Waals surface area contributed by atoms with E-state index in [-0.39, 0.29) is 27.3 Å². The minimum atomic E-state index is -4.07. The van der Waals surface area contributed by atoms with Gasteiger partial charge in [-0.3, -0.25) is 14.3 Å². The Balaban J connectivity index is 2.69. The van der Waals surface area contributed by atoms with Crippen molar-refractivity contribution in [2.75, 3.05) is 13.4 Å².